The van der Waals surface area contributed by atoms with Crippen molar-refractivity contribution in [3.8, 4) is 11.5 Å². The van der Waals surface area contributed by atoms with Gasteiger partial charge in [-0.25, -0.2) is 0 Å². The van der Waals surface area contributed by atoms with Crippen molar-refractivity contribution in [1.82, 2.24) is 5.32 Å². The molecule has 1 unspecified atom stereocenters. The van der Waals surface area contributed by atoms with Crippen molar-refractivity contribution in [2.24, 2.45) is 0 Å². The Bertz CT molecular complexity index is 553. The molecule has 2 rings (SSSR count). The molecule has 1 N–H and O–H groups in total. The minimum Gasteiger partial charge on any atom is -0.457 e. The Morgan fingerprint density at radius 2 is 1.81 bits per heavy atom. The number of nitrogens with one attached hydrogen (secondary N) is 1. The van der Waals surface area contributed by atoms with Gasteiger partial charge in [-0.05, 0) is 61.3 Å². The monoisotopic (exact) mass is 303 g/mol. The summed E-state index contributed by atoms with van der Waals surface area (Å²) in [4.78, 5) is 0. The summed E-state index contributed by atoms with van der Waals surface area (Å²) < 4.78 is 5.89. The van der Waals surface area contributed by atoms with E-state index in [1.54, 1.807) is 0 Å². The van der Waals surface area contributed by atoms with Gasteiger partial charge in [-0.1, -0.05) is 37.6 Å². The van der Waals surface area contributed by atoms with E-state index >= 15 is 0 Å². The van der Waals surface area contributed by atoms with Crippen LogP contribution in [0.15, 0.2) is 48.5 Å². The Morgan fingerprint density at radius 3 is 2.48 bits per heavy atom. The van der Waals surface area contributed by atoms with Crippen LogP contribution < -0.4 is 10.1 Å². The molecule has 0 aliphatic heterocycles. The fourth-order valence-corrected chi connectivity index (χ4v) is 2.38. The minimum absolute atomic E-state index is 0.374. The third-order valence-electron chi connectivity index (χ3n) is 3.36. The highest BCUT2D eigenvalue weighted by molar-refractivity contribution is 6.30. The molecule has 21 heavy (non-hydrogen) atoms. The molecule has 2 aromatic carbocycles. The summed E-state index contributed by atoms with van der Waals surface area (Å²) in [6, 6.07) is 16.1. The first-order valence-corrected chi connectivity index (χ1v) is 7.87. The Balaban J connectivity index is 2.11. The SMILES string of the molecule is CCCNC(CC)c1cccc(Oc2ccc(Cl)cc2)c1. The first-order chi connectivity index (χ1) is 10.2. The van der Waals surface area contributed by atoms with Gasteiger partial charge in [0.15, 0.2) is 0 Å². The van der Waals surface area contributed by atoms with Crippen molar-refractivity contribution in [3.05, 3.63) is 59.1 Å². The van der Waals surface area contributed by atoms with Gasteiger partial charge >= 0.3 is 0 Å². The average molecular weight is 304 g/mol. The molecule has 0 aliphatic carbocycles. The van der Waals surface area contributed by atoms with Crippen LogP contribution in [0.25, 0.3) is 0 Å². The van der Waals surface area contributed by atoms with Crippen LogP contribution in [0.2, 0.25) is 5.02 Å². The van der Waals surface area contributed by atoms with Crippen LogP contribution in [0.5, 0.6) is 11.5 Å². The quantitative estimate of drug-likeness (QED) is 0.720. The normalized spacial score (nSPS) is 12.1. The van der Waals surface area contributed by atoms with Crippen LogP contribution in [-0.4, -0.2) is 6.54 Å². The van der Waals surface area contributed by atoms with Crippen molar-refractivity contribution in [3.63, 3.8) is 0 Å². The molecule has 3 heteroatoms. The molecule has 0 spiro atoms. The van der Waals surface area contributed by atoms with Crippen molar-refractivity contribution < 1.29 is 4.74 Å². The van der Waals surface area contributed by atoms with Gasteiger partial charge in [-0.3, -0.25) is 0 Å². The summed E-state index contributed by atoms with van der Waals surface area (Å²) in [7, 11) is 0. The summed E-state index contributed by atoms with van der Waals surface area (Å²) in [5.74, 6) is 1.65. The summed E-state index contributed by atoms with van der Waals surface area (Å²) in [5, 5.41) is 4.27. The van der Waals surface area contributed by atoms with E-state index in [-0.39, 0.29) is 0 Å². The molecule has 0 amide bonds. The number of rotatable bonds is 7. The zero-order chi connectivity index (χ0) is 15.1. The van der Waals surface area contributed by atoms with Crippen LogP contribution in [0, 0.1) is 0 Å². The molecular formula is C18H22ClNO. The third-order valence-corrected chi connectivity index (χ3v) is 3.61. The molecule has 1 atom stereocenters. The maximum Gasteiger partial charge on any atom is 0.127 e. The molecule has 0 radical (unpaired) electrons. The lowest BCUT2D eigenvalue weighted by Crippen LogP contribution is -2.21. The van der Waals surface area contributed by atoms with Crippen molar-refractivity contribution in [2.45, 2.75) is 32.7 Å². The zero-order valence-electron chi connectivity index (χ0n) is 12.6. The maximum atomic E-state index is 5.89. The fourth-order valence-electron chi connectivity index (χ4n) is 2.25. The van der Waals surface area contributed by atoms with E-state index in [1.807, 2.05) is 36.4 Å². The minimum atomic E-state index is 0.374. The topological polar surface area (TPSA) is 21.3 Å². The van der Waals surface area contributed by atoms with E-state index in [9.17, 15) is 0 Å². The first-order valence-electron chi connectivity index (χ1n) is 7.49. The van der Waals surface area contributed by atoms with Crippen molar-refractivity contribution in [2.75, 3.05) is 6.54 Å². The molecule has 0 aliphatic rings. The van der Waals surface area contributed by atoms with E-state index in [4.69, 9.17) is 16.3 Å². The molecule has 0 saturated carbocycles. The van der Waals surface area contributed by atoms with Crippen LogP contribution in [0.1, 0.15) is 38.3 Å². The molecule has 0 bridgehead atoms. The highest BCUT2D eigenvalue weighted by Crippen LogP contribution is 2.26. The van der Waals surface area contributed by atoms with Gasteiger partial charge in [-0.2, -0.15) is 0 Å². The lowest BCUT2D eigenvalue weighted by atomic mass is 10.0. The standard InChI is InChI=1S/C18H22ClNO/c1-3-12-20-18(4-2)14-6-5-7-17(13-14)21-16-10-8-15(19)9-11-16/h5-11,13,18,20H,3-4,12H2,1-2H3. The van der Waals surface area contributed by atoms with Crippen LogP contribution in [0.4, 0.5) is 0 Å². The Hall–Kier alpha value is -1.51. The van der Waals surface area contributed by atoms with Gasteiger partial charge in [0, 0.05) is 11.1 Å². The Kier molecular flexibility index (Phi) is 6.09. The summed E-state index contributed by atoms with van der Waals surface area (Å²) in [5.41, 5.74) is 1.26. The van der Waals surface area contributed by atoms with Gasteiger partial charge in [0.05, 0.1) is 0 Å². The number of hydrogen-bond acceptors (Lipinski definition) is 2. The van der Waals surface area contributed by atoms with E-state index in [0.717, 1.165) is 30.9 Å². The maximum absolute atomic E-state index is 5.89. The van der Waals surface area contributed by atoms with E-state index in [0.29, 0.717) is 11.1 Å². The van der Waals surface area contributed by atoms with Gasteiger partial charge in [0.1, 0.15) is 11.5 Å². The summed E-state index contributed by atoms with van der Waals surface area (Å²) in [6.07, 6.45) is 2.20. The molecule has 0 aromatic heterocycles. The predicted molar refractivity (Wildman–Crippen MR) is 89.3 cm³/mol. The lowest BCUT2D eigenvalue weighted by molar-refractivity contribution is 0.476. The summed E-state index contributed by atoms with van der Waals surface area (Å²) in [6.45, 7) is 5.40. The highest BCUT2D eigenvalue weighted by Gasteiger charge is 2.09. The Morgan fingerprint density at radius 1 is 1.05 bits per heavy atom. The van der Waals surface area contributed by atoms with Gasteiger partial charge in [-0.15, -0.1) is 0 Å². The highest BCUT2D eigenvalue weighted by atomic mass is 35.5. The van der Waals surface area contributed by atoms with Crippen LogP contribution in [-0.2, 0) is 0 Å². The molecular weight excluding hydrogens is 282 g/mol. The fraction of sp³-hybridized carbons (Fsp3) is 0.333. The second kappa shape index (κ2) is 8.06. The van der Waals surface area contributed by atoms with E-state index < -0.39 is 0 Å². The molecule has 2 nitrogen and oxygen atoms in total. The molecule has 2 aromatic rings. The number of hydrogen-bond donors (Lipinski definition) is 1. The van der Waals surface area contributed by atoms with Crippen molar-refractivity contribution in [1.29, 1.82) is 0 Å². The number of ether oxygens (including phenoxy) is 1. The predicted octanol–water partition coefficient (Wildman–Crippen LogP) is 5.58. The van der Waals surface area contributed by atoms with Crippen LogP contribution in [0.3, 0.4) is 0 Å². The average Bonchev–Trinajstić information content (AvgIpc) is 2.51. The van der Waals surface area contributed by atoms with E-state index in [1.165, 1.54) is 5.56 Å². The third kappa shape index (κ3) is 4.76. The van der Waals surface area contributed by atoms with Gasteiger partial charge < -0.3 is 10.1 Å². The molecule has 0 heterocycles. The second-order valence-corrected chi connectivity index (χ2v) is 5.48. The second-order valence-electron chi connectivity index (χ2n) is 5.04. The molecule has 112 valence electrons. The first kappa shape index (κ1) is 15.9. The van der Waals surface area contributed by atoms with Crippen LogP contribution >= 0.6 is 11.6 Å². The summed E-state index contributed by atoms with van der Waals surface area (Å²) >= 11 is 5.88. The lowest BCUT2D eigenvalue weighted by Gasteiger charge is -2.18. The molecule has 0 fully saturated rings. The van der Waals surface area contributed by atoms with E-state index in [2.05, 4.69) is 31.3 Å². The van der Waals surface area contributed by atoms with Gasteiger partial charge in [0.2, 0.25) is 0 Å². The zero-order valence-corrected chi connectivity index (χ0v) is 13.4. The Labute approximate surface area is 132 Å². The largest absolute Gasteiger partial charge is 0.457 e. The van der Waals surface area contributed by atoms with Gasteiger partial charge in [0.25, 0.3) is 0 Å². The number of halogens is 1. The molecule has 0 saturated heterocycles. The van der Waals surface area contributed by atoms with Crippen molar-refractivity contribution >= 4 is 11.6 Å². The number of benzene rings is 2. The smallest absolute Gasteiger partial charge is 0.127 e.